The van der Waals surface area contributed by atoms with Crippen molar-refractivity contribution in [1.29, 1.82) is 0 Å². The lowest BCUT2D eigenvalue weighted by Crippen LogP contribution is -2.53. The van der Waals surface area contributed by atoms with Crippen LogP contribution in [0.3, 0.4) is 0 Å². The smallest absolute Gasteiger partial charge is 0.272 e. The number of aliphatic hydroxyl groups is 1. The molecule has 8 nitrogen and oxygen atoms in total. The number of anilines is 2. The molecule has 0 bridgehead atoms. The zero-order valence-electron chi connectivity index (χ0n) is 23.3. The van der Waals surface area contributed by atoms with Gasteiger partial charge in [0.2, 0.25) is 5.91 Å². The number of carbonyl (C=O) groups is 2. The number of likely N-dealkylation sites (tertiary alicyclic amines) is 1. The lowest BCUT2D eigenvalue weighted by atomic mass is 9.86. The third-order valence-electron chi connectivity index (χ3n) is 7.37. The molecule has 224 valence electrons. The number of aliphatic hydroxyl groups excluding tert-OH is 1. The van der Waals surface area contributed by atoms with Gasteiger partial charge in [0, 0.05) is 63.5 Å². The number of benzene rings is 2. The van der Waals surface area contributed by atoms with Gasteiger partial charge in [-0.25, -0.2) is 8.78 Å². The van der Waals surface area contributed by atoms with E-state index in [0.29, 0.717) is 29.5 Å². The second-order valence-electron chi connectivity index (χ2n) is 10.9. The number of Topliss-reactive ketones (excluding diaryl/α,β-unsaturated/α-hetero) is 1. The van der Waals surface area contributed by atoms with E-state index >= 15 is 0 Å². The average Bonchev–Trinajstić information content (AvgIpc) is 3.43. The number of ether oxygens (including phenoxy) is 2. The number of hydrogen-bond donors (Lipinski definition) is 2. The van der Waals surface area contributed by atoms with E-state index in [2.05, 4.69) is 10.2 Å². The standard InChI is InChI=1S/C26H29Cl2F2N3O4.C3H6O/c1-15(34)31-19-9-18(28)24(36-14-25(29)30)10-20(19)33-12-21(22(35)13-33)32-6-4-26(5-7-32)11-16-8-17(27)2-3-23(16)37-26;1-3(2)4/h2-3,8-10,21-22,25,35H,4-7,11-14H2,1H3,(H,31,34);1-2H3. The van der Waals surface area contributed by atoms with Gasteiger partial charge in [-0.1, -0.05) is 23.2 Å². The molecule has 2 aromatic rings. The van der Waals surface area contributed by atoms with E-state index in [1.54, 1.807) is 6.07 Å². The van der Waals surface area contributed by atoms with Crippen molar-refractivity contribution in [3.63, 3.8) is 0 Å². The van der Waals surface area contributed by atoms with Gasteiger partial charge < -0.3 is 29.6 Å². The quantitative estimate of drug-likeness (QED) is 0.462. The van der Waals surface area contributed by atoms with Crippen LogP contribution in [0.25, 0.3) is 0 Å². The Hall–Kier alpha value is -2.66. The fraction of sp³-hybridized carbons (Fsp3) is 0.517. The molecule has 3 heterocycles. The van der Waals surface area contributed by atoms with E-state index in [0.717, 1.165) is 43.7 Å². The number of fused-ring (bicyclic) bond motifs is 1. The Morgan fingerprint density at radius 1 is 1.15 bits per heavy atom. The maximum atomic E-state index is 12.7. The number of nitrogens with one attached hydrogen (secondary N) is 1. The van der Waals surface area contributed by atoms with E-state index in [1.807, 2.05) is 23.1 Å². The van der Waals surface area contributed by atoms with E-state index in [9.17, 15) is 23.5 Å². The third-order valence-corrected chi connectivity index (χ3v) is 7.90. The molecule has 0 radical (unpaired) electrons. The van der Waals surface area contributed by atoms with Crippen molar-refractivity contribution in [3.8, 4) is 11.5 Å². The van der Waals surface area contributed by atoms with Gasteiger partial charge in [-0.3, -0.25) is 9.69 Å². The third kappa shape index (κ3) is 7.80. The fourth-order valence-corrected chi connectivity index (χ4v) is 6.04. The number of piperidine rings is 1. The summed E-state index contributed by atoms with van der Waals surface area (Å²) in [5.74, 6) is 0.861. The highest BCUT2D eigenvalue weighted by Gasteiger charge is 2.45. The highest BCUT2D eigenvalue weighted by molar-refractivity contribution is 6.32. The Balaban J connectivity index is 0.000000909. The summed E-state index contributed by atoms with van der Waals surface area (Å²) >= 11 is 12.4. The van der Waals surface area contributed by atoms with Gasteiger partial charge in [-0.2, -0.15) is 0 Å². The predicted molar refractivity (Wildman–Crippen MR) is 155 cm³/mol. The summed E-state index contributed by atoms with van der Waals surface area (Å²) in [4.78, 5) is 25.5. The Morgan fingerprint density at radius 3 is 2.46 bits per heavy atom. The second-order valence-corrected chi connectivity index (χ2v) is 11.7. The predicted octanol–water partition coefficient (Wildman–Crippen LogP) is 5.21. The van der Waals surface area contributed by atoms with Crippen molar-refractivity contribution in [2.75, 3.05) is 43.0 Å². The first-order valence-electron chi connectivity index (χ1n) is 13.5. The number of halogens is 4. The van der Waals surface area contributed by atoms with Crippen molar-refractivity contribution in [2.24, 2.45) is 0 Å². The van der Waals surface area contributed by atoms with Gasteiger partial charge >= 0.3 is 0 Å². The van der Waals surface area contributed by atoms with Crippen LogP contribution in [0, 0.1) is 0 Å². The monoisotopic (exact) mass is 613 g/mol. The van der Waals surface area contributed by atoms with Crippen molar-refractivity contribution >= 4 is 46.3 Å². The van der Waals surface area contributed by atoms with Crippen LogP contribution in [0.2, 0.25) is 10.0 Å². The molecule has 3 aliphatic heterocycles. The first-order valence-corrected chi connectivity index (χ1v) is 14.2. The number of β-amino-alcohol motifs (C(OH)–C–C–N with tert-alkyl or cyclic N) is 1. The Kier molecular flexibility index (Phi) is 10.00. The topological polar surface area (TPSA) is 91.3 Å². The summed E-state index contributed by atoms with van der Waals surface area (Å²) in [6.07, 6.45) is -0.815. The highest BCUT2D eigenvalue weighted by atomic mass is 35.5. The van der Waals surface area contributed by atoms with E-state index in [4.69, 9.17) is 32.7 Å². The molecule has 1 spiro atoms. The summed E-state index contributed by atoms with van der Waals surface area (Å²) in [7, 11) is 0. The highest BCUT2D eigenvalue weighted by Crippen LogP contribution is 2.43. The minimum atomic E-state index is -2.65. The Labute approximate surface area is 248 Å². The van der Waals surface area contributed by atoms with Crippen LogP contribution < -0.4 is 19.7 Å². The molecule has 2 fully saturated rings. The van der Waals surface area contributed by atoms with Crippen molar-refractivity contribution in [1.82, 2.24) is 4.90 Å². The molecule has 0 saturated carbocycles. The summed E-state index contributed by atoms with van der Waals surface area (Å²) < 4.78 is 37.0. The largest absolute Gasteiger partial charge is 0.487 e. The molecule has 2 unspecified atom stereocenters. The first kappa shape index (κ1) is 31.3. The average molecular weight is 615 g/mol. The summed E-state index contributed by atoms with van der Waals surface area (Å²) in [5, 5.41) is 14.6. The SMILES string of the molecule is CC(=O)Nc1cc(Cl)c(OCC(F)F)cc1N1CC(O)C(N2CCC3(CC2)Cc2cc(Cl)ccc2O3)C1.CC(C)=O. The molecule has 12 heteroatoms. The van der Waals surface area contributed by atoms with Crippen molar-refractivity contribution in [3.05, 3.63) is 45.9 Å². The molecule has 5 rings (SSSR count). The van der Waals surface area contributed by atoms with Gasteiger partial charge in [0.25, 0.3) is 6.43 Å². The molecule has 3 aliphatic rings. The molecule has 2 saturated heterocycles. The number of hydrogen-bond acceptors (Lipinski definition) is 7. The zero-order chi connectivity index (χ0) is 29.9. The molecular formula is C29H35Cl2F2N3O5. The summed E-state index contributed by atoms with van der Waals surface area (Å²) in [6.45, 7) is 5.97. The number of nitrogens with zero attached hydrogens (tertiary/aromatic N) is 2. The van der Waals surface area contributed by atoms with Crippen molar-refractivity contribution < 1.29 is 33.0 Å². The molecule has 2 aromatic carbocycles. The first-order chi connectivity index (χ1) is 19.4. The van der Waals surface area contributed by atoms with Crippen LogP contribution in [-0.4, -0.2) is 78.7 Å². The van der Waals surface area contributed by atoms with E-state index < -0.39 is 19.1 Å². The minimum absolute atomic E-state index is 0.0991. The van der Waals surface area contributed by atoms with Crippen LogP contribution in [0.4, 0.5) is 20.2 Å². The zero-order valence-corrected chi connectivity index (χ0v) is 24.8. The van der Waals surface area contributed by atoms with Gasteiger partial charge in [0.1, 0.15) is 29.5 Å². The Bertz CT molecular complexity index is 1270. The maximum absolute atomic E-state index is 12.7. The molecule has 0 aliphatic carbocycles. The molecule has 41 heavy (non-hydrogen) atoms. The normalized spacial score (nSPS) is 21.2. The van der Waals surface area contributed by atoms with Crippen LogP contribution in [0.15, 0.2) is 30.3 Å². The molecule has 0 aromatic heterocycles. The molecule has 1 amide bonds. The van der Waals surface area contributed by atoms with Crippen LogP contribution >= 0.6 is 23.2 Å². The van der Waals surface area contributed by atoms with Crippen LogP contribution in [0.1, 0.15) is 39.2 Å². The van der Waals surface area contributed by atoms with Crippen LogP contribution in [-0.2, 0) is 16.0 Å². The van der Waals surface area contributed by atoms with Gasteiger partial charge in [-0.05, 0) is 43.7 Å². The van der Waals surface area contributed by atoms with Gasteiger partial charge in [0.15, 0.2) is 0 Å². The van der Waals surface area contributed by atoms with E-state index in [1.165, 1.54) is 26.8 Å². The summed E-state index contributed by atoms with van der Waals surface area (Å²) in [5.41, 5.74) is 1.87. The lowest BCUT2D eigenvalue weighted by molar-refractivity contribution is -0.115. The van der Waals surface area contributed by atoms with Crippen LogP contribution in [0.5, 0.6) is 11.5 Å². The number of carbonyl (C=O) groups excluding carboxylic acids is 2. The molecular weight excluding hydrogens is 579 g/mol. The van der Waals surface area contributed by atoms with Crippen molar-refractivity contribution in [2.45, 2.75) is 64.2 Å². The fourth-order valence-electron chi connectivity index (χ4n) is 5.63. The maximum Gasteiger partial charge on any atom is 0.272 e. The molecule has 2 atom stereocenters. The Morgan fingerprint density at radius 2 is 1.83 bits per heavy atom. The van der Waals surface area contributed by atoms with Gasteiger partial charge in [-0.15, -0.1) is 0 Å². The molecule has 2 N–H and O–H groups in total. The lowest BCUT2D eigenvalue weighted by Gasteiger charge is -2.41. The number of ketones is 1. The summed E-state index contributed by atoms with van der Waals surface area (Å²) in [6, 6.07) is 8.63. The van der Waals surface area contributed by atoms with E-state index in [-0.39, 0.29) is 34.1 Å². The second kappa shape index (κ2) is 13.1. The van der Waals surface area contributed by atoms with Gasteiger partial charge in [0.05, 0.1) is 28.5 Å². The minimum Gasteiger partial charge on any atom is -0.487 e. The number of alkyl halides is 2. The number of amides is 1. The number of rotatable bonds is 6.